The van der Waals surface area contributed by atoms with Crippen molar-refractivity contribution in [2.75, 3.05) is 19.8 Å². The van der Waals surface area contributed by atoms with Crippen molar-refractivity contribution in [2.45, 2.75) is 45.8 Å². The lowest BCUT2D eigenvalue weighted by atomic mass is 10.0. The molecular formula is C24H27N7O2. The van der Waals surface area contributed by atoms with Gasteiger partial charge in [0.25, 0.3) is 0 Å². The number of fused-ring (bicyclic) bond motifs is 1. The lowest BCUT2D eigenvalue weighted by Gasteiger charge is -2.24. The molecule has 6 heterocycles. The van der Waals surface area contributed by atoms with Gasteiger partial charge in [0.2, 0.25) is 0 Å². The van der Waals surface area contributed by atoms with Gasteiger partial charge in [-0.2, -0.15) is 15.3 Å². The summed E-state index contributed by atoms with van der Waals surface area (Å²) in [7, 11) is 0. The number of rotatable bonds is 4. The zero-order valence-electron chi connectivity index (χ0n) is 18.9. The van der Waals surface area contributed by atoms with Crippen LogP contribution in [0.3, 0.4) is 0 Å². The van der Waals surface area contributed by atoms with Gasteiger partial charge in [-0.25, -0.2) is 14.2 Å². The van der Waals surface area contributed by atoms with Crippen LogP contribution >= 0.6 is 0 Å². The average molecular weight is 446 g/mol. The molecule has 4 aromatic rings. The van der Waals surface area contributed by atoms with Crippen molar-refractivity contribution in [3.63, 3.8) is 0 Å². The van der Waals surface area contributed by atoms with E-state index in [0.717, 1.165) is 77.5 Å². The summed E-state index contributed by atoms with van der Waals surface area (Å²) in [6.07, 6.45) is 9.81. The molecule has 33 heavy (non-hydrogen) atoms. The van der Waals surface area contributed by atoms with Gasteiger partial charge in [-0.3, -0.25) is 5.10 Å². The maximum absolute atomic E-state index is 6.02. The lowest BCUT2D eigenvalue weighted by Crippen LogP contribution is -2.19. The van der Waals surface area contributed by atoms with Gasteiger partial charge in [-0.15, -0.1) is 0 Å². The maximum Gasteiger partial charge on any atom is 0.165 e. The Labute approximate surface area is 191 Å². The van der Waals surface area contributed by atoms with Gasteiger partial charge in [-0.1, -0.05) is 6.08 Å². The molecule has 1 fully saturated rings. The lowest BCUT2D eigenvalue weighted by molar-refractivity contribution is -0.0383. The number of aromatic amines is 1. The summed E-state index contributed by atoms with van der Waals surface area (Å²) in [5.74, 6) is 0. The predicted molar refractivity (Wildman–Crippen MR) is 124 cm³/mol. The molecule has 0 spiro atoms. The summed E-state index contributed by atoms with van der Waals surface area (Å²) in [6, 6.07) is 4.14. The van der Waals surface area contributed by atoms with Crippen LogP contribution in [-0.4, -0.2) is 54.4 Å². The van der Waals surface area contributed by atoms with E-state index in [-0.39, 0.29) is 6.23 Å². The summed E-state index contributed by atoms with van der Waals surface area (Å²) in [4.78, 5) is 5.10. The van der Waals surface area contributed by atoms with Crippen LogP contribution in [0.4, 0.5) is 0 Å². The molecule has 0 amide bonds. The number of ether oxygens (including phenoxy) is 2. The highest BCUT2D eigenvalue weighted by Gasteiger charge is 2.24. The van der Waals surface area contributed by atoms with Crippen molar-refractivity contribution >= 4 is 11.2 Å². The van der Waals surface area contributed by atoms with Gasteiger partial charge < -0.3 is 9.47 Å². The van der Waals surface area contributed by atoms with Crippen molar-refractivity contribution in [2.24, 2.45) is 0 Å². The Morgan fingerprint density at radius 3 is 2.82 bits per heavy atom. The summed E-state index contributed by atoms with van der Waals surface area (Å²) in [5, 5.41) is 16.9. The highest BCUT2D eigenvalue weighted by Crippen LogP contribution is 2.34. The Hall–Kier alpha value is -3.30. The quantitative estimate of drug-likeness (QED) is 0.508. The van der Waals surface area contributed by atoms with Crippen LogP contribution in [0.15, 0.2) is 30.6 Å². The van der Waals surface area contributed by atoms with Gasteiger partial charge in [0, 0.05) is 24.1 Å². The van der Waals surface area contributed by atoms with Gasteiger partial charge in [0.05, 0.1) is 47.7 Å². The molecule has 9 nitrogen and oxygen atoms in total. The standard InChI is InChI=1S/C24H27N7O2/c1-15-23(16(2)29-28-15)21-13-19(17-7-11-32-12-8-17)27-24-18(14-26-31(21)24)20-6-9-25-30(20)22-5-3-4-10-33-22/h6-7,9,13-14,22H,3-5,8,10-12H2,1-2H3,(H,28,29). The molecule has 0 radical (unpaired) electrons. The van der Waals surface area contributed by atoms with Crippen LogP contribution in [0.5, 0.6) is 0 Å². The Bertz CT molecular complexity index is 1320. The van der Waals surface area contributed by atoms with Gasteiger partial charge in [0.15, 0.2) is 11.9 Å². The number of aromatic nitrogens is 7. The topological polar surface area (TPSA) is 95.2 Å². The minimum atomic E-state index is -0.0575. The zero-order valence-corrected chi connectivity index (χ0v) is 18.9. The Morgan fingerprint density at radius 1 is 1.12 bits per heavy atom. The van der Waals surface area contributed by atoms with Crippen molar-refractivity contribution in [3.8, 4) is 22.5 Å². The minimum Gasteiger partial charge on any atom is -0.377 e. The first kappa shape index (κ1) is 20.3. The van der Waals surface area contributed by atoms with E-state index in [4.69, 9.17) is 19.6 Å². The first-order valence-electron chi connectivity index (χ1n) is 11.5. The van der Waals surface area contributed by atoms with Crippen LogP contribution in [0.2, 0.25) is 0 Å². The van der Waals surface area contributed by atoms with Crippen molar-refractivity contribution in [1.82, 2.24) is 34.6 Å². The number of hydrogen-bond donors (Lipinski definition) is 1. The fraction of sp³-hybridized carbons (Fsp3) is 0.417. The molecule has 0 bridgehead atoms. The smallest absolute Gasteiger partial charge is 0.165 e. The summed E-state index contributed by atoms with van der Waals surface area (Å²) in [6.45, 7) is 6.13. The largest absolute Gasteiger partial charge is 0.377 e. The predicted octanol–water partition coefficient (Wildman–Crippen LogP) is 4.10. The summed E-state index contributed by atoms with van der Waals surface area (Å²) >= 11 is 0. The minimum absolute atomic E-state index is 0.0575. The molecule has 2 aliphatic heterocycles. The normalized spacial score (nSPS) is 19.2. The third-order valence-corrected chi connectivity index (χ3v) is 6.52. The average Bonchev–Trinajstić information content (AvgIpc) is 3.58. The van der Waals surface area contributed by atoms with Crippen LogP contribution < -0.4 is 0 Å². The monoisotopic (exact) mass is 445 g/mol. The third kappa shape index (κ3) is 3.48. The van der Waals surface area contributed by atoms with Gasteiger partial charge in [0.1, 0.15) is 0 Å². The Morgan fingerprint density at radius 2 is 2.06 bits per heavy atom. The SMILES string of the molecule is Cc1n[nH]c(C)c1-c1cc(C2=CCOCC2)nc2c(-c3ccnn3C3CCCCO3)cnn12. The van der Waals surface area contributed by atoms with E-state index in [0.29, 0.717) is 13.2 Å². The molecule has 0 aliphatic carbocycles. The summed E-state index contributed by atoms with van der Waals surface area (Å²) < 4.78 is 15.5. The second-order valence-corrected chi connectivity index (χ2v) is 8.67. The van der Waals surface area contributed by atoms with Crippen LogP contribution in [-0.2, 0) is 9.47 Å². The Kier molecular flexibility index (Phi) is 5.07. The number of nitrogens with zero attached hydrogens (tertiary/aromatic N) is 6. The van der Waals surface area contributed by atoms with Crippen LogP contribution in [0.25, 0.3) is 33.7 Å². The fourth-order valence-corrected chi connectivity index (χ4v) is 4.85. The fourth-order valence-electron chi connectivity index (χ4n) is 4.85. The van der Waals surface area contributed by atoms with E-state index in [2.05, 4.69) is 27.4 Å². The molecule has 6 rings (SSSR count). The molecule has 1 atom stereocenters. The number of hydrogen-bond acceptors (Lipinski definition) is 6. The van der Waals surface area contributed by atoms with E-state index >= 15 is 0 Å². The van der Waals surface area contributed by atoms with E-state index in [1.54, 1.807) is 0 Å². The van der Waals surface area contributed by atoms with E-state index in [1.165, 1.54) is 5.57 Å². The number of nitrogens with one attached hydrogen (secondary N) is 1. The van der Waals surface area contributed by atoms with Crippen molar-refractivity contribution in [1.29, 1.82) is 0 Å². The van der Waals surface area contributed by atoms with Crippen LogP contribution in [0, 0.1) is 13.8 Å². The molecule has 1 N–H and O–H groups in total. The number of aryl methyl sites for hydroxylation is 2. The molecule has 4 aromatic heterocycles. The molecule has 0 saturated carbocycles. The van der Waals surface area contributed by atoms with Crippen LogP contribution in [0.1, 0.15) is 49.0 Å². The molecule has 170 valence electrons. The molecular weight excluding hydrogens is 418 g/mol. The molecule has 1 saturated heterocycles. The second kappa shape index (κ2) is 8.24. The highest BCUT2D eigenvalue weighted by molar-refractivity contribution is 5.81. The maximum atomic E-state index is 6.02. The second-order valence-electron chi connectivity index (χ2n) is 8.67. The van der Waals surface area contributed by atoms with Crippen molar-refractivity contribution in [3.05, 3.63) is 47.7 Å². The van der Waals surface area contributed by atoms with E-state index in [1.807, 2.05) is 41.5 Å². The van der Waals surface area contributed by atoms with Crippen molar-refractivity contribution < 1.29 is 9.47 Å². The molecule has 9 heteroatoms. The zero-order chi connectivity index (χ0) is 22.4. The first-order valence-corrected chi connectivity index (χ1v) is 11.5. The summed E-state index contributed by atoms with van der Waals surface area (Å²) in [5.41, 5.74) is 8.81. The van der Waals surface area contributed by atoms with E-state index in [9.17, 15) is 0 Å². The first-order chi connectivity index (χ1) is 16.2. The van der Waals surface area contributed by atoms with Gasteiger partial charge >= 0.3 is 0 Å². The van der Waals surface area contributed by atoms with E-state index < -0.39 is 0 Å². The number of H-pyrrole nitrogens is 1. The Balaban J connectivity index is 1.56. The molecule has 0 aromatic carbocycles. The highest BCUT2D eigenvalue weighted by atomic mass is 16.5. The van der Waals surface area contributed by atoms with Gasteiger partial charge in [-0.05, 0) is 57.2 Å². The third-order valence-electron chi connectivity index (χ3n) is 6.52. The molecule has 1 unspecified atom stereocenters. The molecule has 2 aliphatic rings.